The number of nitro benzene ring substituents is 2. The molecule has 148 valence electrons. The van der Waals surface area contributed by atoms with Gasteiger partial charge in [0, 0.05) is 6.07 Å². The third kappa shape index (κ3) is 5.07. The molecule has 0 aliphatic carbocycles. The van der Waals surface area contributed by atoms with Crippen LogP contribution in [0.1, 0.15) is 5.56 Å². The predicted molar refractivity (Wildman–Crippen MR) is 90.3 cm³/mol. The molecular weight excluding hydrogens is 411 g/mol. The van der Waals surface area contributed by atoms with Crippen molar-refractivity contribution in [2.45, 2.75) is 6.18 Å². The van der Waals surface area contributed by atoms with Crippen molar-refractivity contribution < 1.29 is 32.5 Å². The highest BCUT2D eigenvalue weighted by Gasteiger charge is 2.31. The van der Waals surface area contributed by atoms with E-state index in [1.165, 1.54) is 0 Å². The summed E-state index contributed by atoms with van der Waals surface area (Å²) in [7, 11) is 0. The summed E-state index contributed by atoms with van der Waals surface area (Å²) in [4.78, 5) is 31.8. The lowest BCUT2D eigenvalue weighted by atomic mass is 10.2. The van der Waals surface area contributed by atoms with Gasteiger partial charge in [0.2, 0.25) is 0 Å². The van der Waals surface area contributed by atoms with Gasteiger partial charge in [0.25, 0.3) is 11.6 Å². The van der Waals surface area contributed by atoms with Crippen LogP contribution in [0.3, 0.4) is 0 Å². The van der Waals surface area contributed by atoms with Crippen LogP contribution >= 0.6 is 11.6 Å². The third-order valence-electron chi connectivity index (χ3n) is 3.28. The topological polar surface area (TPSA) is 125 Å². The third-order valence-corrected chi connectivity index (χ3v) is 3.61. The first kappa shape index (κ1) is 20.9. The number of rotatable bonds is 6. The number of ether oxygens (including phenoxy) is 1. The zero-order valence-corrected chi connectivity index (χ0v) is 14.3. The molecule has 0 heterocycles. The number of carbonyl (C=O) groups excluding carboxylic acids is 1. The Hall–Kier alpha value is -3.41. The van der Waals surface area contributed by atoms with Gasteiger partial charge in [-0.05, 0) is 24.3 Å². The lowest BCUT2D eigenvalue weighted by Gasteiger charge is -2.12. The van der Waals surface area contributed by atoms with Crippen LogP contribution in [0.5, 0.6) is 5.75 Å². The van der Waals surface area contributed by atoms with Crippen LogP contribution in [0.25, 0.3) is 0 Å². The molecule has 1 amide bonds. The first-order valence-corrected chi connectivity index (χ1v) is 7.59. The molecule has 0 saturated carbocycles. The Bertz CT molecular complexity index is 951. The molecule has 0 spiro atoms. The van der Waals surface area contributed by atoms with Crippen LogP contribution in [0.15, 0.2) is 36.4 Å². The molecule has 9 nitrogen and oxygen atoms in total. The molecule has 0 saturated heterocycles. The van der Waals surface area contributed by atoms with Gasteiger partial charge in [-0.25, -0.2) is 0 Å². The Kier molecular flexibility index (Phi) is 6.03. The van der Waals surface area contributed by atoms with Crippen molar-refractivity contribution in [1.29, 1.82) is 0 Å². The van der Waals surface area contributed by atoms with Gasteiger partial charge in [0.05, 0.1) is 32.2 Å². The second kappa shape index (κ2) is 8.08. The first-order chi connectivity index (χ1) is 13.0. The average molecular weight is 420 g/mol. The van der Waals surface area contributed by atoms with E-state index in [-0.39, 0.29) is 10.7 Å². The summed E-state index contributed by atoms with van der Waals surface area (Å²) in [5.41, 5.74) is -2.68. The van der Waals surface area contributed by atoms with Gasteiger partial charge in [-0.2, -0.15) is 13.2 Å². The number of nitrogens with zero attached hydrogens (tertiary/aromatic N) is 2. The van der Waals surface area contributed by atoms with Crippen molar-refractivity contribution in [3.8, 4) is 5.75 Å². The lowest BCUT2D eigenvalue weighted by Crippen LogP contribution is -2.21. The molecular formula is C15H9ClF3N3O6. The van der Waals surface area contributed by atoms with Gasteiger partial charge in [-0.1, -0.05) is 11.6 Å². The summed E-state index contributed by atoms with van der Waals surface area (Å²) < 4.78 is 43.1. The molecule has 0 bridgehead atoms. The van der Waals surface area contributed by atoms with Gasteiger partial charge >= 0.3 is 11.9 Å². The Morgan fingerprint density at radius 2 is 1.79 bits per heavy atom. The van der Waals surface area contributed by atoms with Crippen molar-refractivity contribution in [1.82, 2.24) is 0 Å². The van der Waals surface area contributed by atoms with E-state index in [9.17, 15) is 38.2 Å². The normalized spacial score (nSPS) is 11.0. The maximum atomic E-state index is 12.7. The summed E-state index contributed by atoms with van der Waals surface area (Å²) in [6.07, 6.45) is -4.65. The van der Waals surface area contributed by atoms with Gasteiger partial charge in [-0.15, -0.1) is 0 Å². The maximum absolute atomic E-state index is 12.7. The fourth-order valence-corrected chi connectivity index (χ4v) is 2.18. The molecule has 2 aromatic carbocycles. The van der Waals surface area contributed by atoms with Gasteiger partial charge in [0.15, 0.2) is 12.4 Å². The lowest BCUT2D eigenvalue weighted by molar-refractivity contribution is -0.394. The molecule has 0 aliphatic rings. The average Bonchev–Trinajstić information content (AvgIpc) is 2.60. The highest BCUT2D eigenvalue weighted by molar-refractivity contribution is 6.33. The van der Waals surface area contributed by atoms with Crippen molar-refractivity contribution >= 4 is 34.6 Å². The fraction of sp³-hybridized carbons (Fsp3) is 0.133. The summed E-state index contributed by atoms with van der Waals surface area (Å²) in [5, 5.41) is 23.6. The molecule has 0 aromatic heterocycles. The molecule has 2 rings (SSSR count). The number of non-ortho nitro benzene ring substituents is 1. The van der Waals surface area contributed by atoms with E-state index in [1.54, 1.807) is 0 Å². The summed E-state index contributed by atoms with van der Waals surface area (Å²) in [5.74, 6) is -1.38. The summed E-state index contributed by atoms with van der Waals surface area (Å²) in [6.45, 7) is -0.814. The molecule has 13 heteroatoms. The monoisotopic (exact) mass is 419 g/mol. The molecule has 0 radical (unpaired) electrons. The zero-order chi connectivity index (χ0) is 21.1. The number of carbonyl (C=O) groups is 1. The van der Waals surface area contributed by atoms with Crippen molar-refractivity contribution in [3.05, 3.63) is 67.2 Å². The smallest absolute Gasteiger partial charge is 0.416 e. The second-order valence-electron chi connectivity index (χ2n) is 5.20. The number of nitrogens with one attached hydrogen (secondary N) is 1. The Morgan fingerprint density at radius 1 is 1.11 bits per heavy atom. The highest BCUT2D eigenvalue weighted by Crippen LogP contribution is 2.34. The van der Waals surface area contributed by atoms with Crippen LogP contribution in [0.2, 0.25) is 5.02 Å². The second-order valence-corrected chi connectivity index (χ2v) is 5.60. The van der Waals surface area contributed by atoms with Crippen molar-refractivity contribution in [2.24, 2.45) is 0 Å². The first-order valence-electron chi connectivity index (χ1n) is 7.21. The standard InChI is InChI=1S/C15H9ClF3N3O6/c16-10-3-1-8(15(17,18)19)5-11(10)20-14(23)7-28-13-4-2-9(21(24)25)6-12(13)22(26)27/h1-6H,7H2,(H,20,23). The SMILES string of the molecule is O=C(COc1ccc([N+](=O)[O-])cc1[N+](=O)[O-])Nc1cc(C(F)(F)F)ccc1Cl. The van der Waals surface area contributed by atoms with Gasteiger partial charge in [0.1, 0.15) is 0 Å². The molecule has 28 heavy (non-hydrogen) atoms. The zero-order valence-electron chi connectivity index (χ0n) is 13.5. The summed E-state index contributed by atoms with van der Waals surface area (Å²) in [6, 6.07) is 4.81. The van der Waals surface area contributed by atoms with E-state index in [0.29, 0.717) is 12.1 Å². The molecule has 0 aliphatic heterocycles. The predicted octanol–water partition coefficient (Wildman–Crippen LogP) is 4.19. The molecule has 0 unspecified atom stereocenters. The number of alkyl halides is 3. The number of hydrogen-bond donors (Lipinski definition) is 1. The number of anilines is 1. The van der Waals surface area contributed by atoms with Crippen LogP contribution in [0, 0.1) is 20.2 Å². The van der Waals surface area contributed by atoms with E-state index >= 15 is 0 Å². The number of halogens is 4. The summed E-state index contributed by atoms with van der Waals surface area (Å²) >= 11 is 5.75. The number of nitro groups is 2. The van der Waals surface area contributed by atoms with E-state index < -0.39 is 51.2 Å². The van der Waals surface area contributed by atoms with Crippen LogP contribution in [-0.2, 0) is 11.0 Å². The Morgan fingerprint density at radius 3 is 2.36 bits per heavy atom. The van der Waals surface area contributed by atoms with E-state index in [2.05, 4.69) is 5.32 Å². The number of benzene rings is 2. The Labute approximate surface area is 159 Å². The van der Waals surface area contributed by atoms with Gasteiger partial charge < -0.3 is 10.1 Å². The van der Waals surface area contributed by atoms with E-state index in [0.717, 1.165) is 24.3 Å². The highest BCUT2D eigenvalue weighted by atomic mass is 35.5. The number of hydrogen-bond acceptors (Lipinski definition) is 6. The minimum absolute atomic E-state index is 0.164. The molecule has 2 aromatic rings. The molecule has 1 N–H and O–H groups in total. The van der Waals surface area contributed by atoms with Crippen molar-refractivity contribution in [3.63, 3.8) is 0 Å². The van der Waals surface area contributed by atoms with Crippen LogP contribution in [-0.4, -0.2) is 22.4 Å². The molecule has 0 fully saturated rings. The van der Waals surface area contributed by atoms with E-state index in [4.69, 9.17) is 16.3 Å². The number of amides is 1. The van der Waals surface area contributed by atoms with E-state index in [1.807, 2.05) is 0 Å². The quantitative estimate of drug-likeness (QED) is 0.552. The van der Waals surface area contributed by atoms with Gasteiger partial charge in [-0.3, -0.25) is 25.0 Å². The Balaban J connectivity index is 2.13. The minimum Gasteiger partial charge on any atom is -0.477 e. The van der Waals surface area contributed by atoms with Crippen molar-refractivity contribution in [2.75, 3.05) is 11.9 Å². The fourth-order valence-electron chi connectivity index (χ4n) is 2.01. The minimum atomic E-state index is -4.65. The largest absolute Gasteiger partial charge is 0.477 e. The maximum Gasteiger partial charge on any atom is 0.416 e. The molecule has 0 atom stereocenters. The van der Waals surface area contributed by atoms with Crippen LogP contribution < -0.4 is 10.1 Å². The van der Waals surface area contributed by atoms with Crippen LogP contribution in [0.4, 0.5) is 30.2 Å².